The van der Waals surface area contributed by atoms with Gasteiger partial charge >= 0.3 is 5.97 Å². The van der Waals surface area contributed by atoms with Gasteiger partial charge in [-0.1, -0.05) is 0 Å². The number of ether oxygens (including phenoxy) is 1. The van der Waals surface area contributed by atoms with E-state index in [1.165, 1.54) is 24.7 Å². The molecule has 0 saturated heterocycles. The molecule has 3 rings (SSSR count). The molecule has 0 fully saturated rings. The molecule has 0 aromatic carbocycles. The number of esters is 1. The molecule has 26 heavy (non-hydrogen) atoms. The maximum Gasteiger partial charge on any atom is 0.340 e. The fourth-order valence-corrected chi connectivity index (χ4v) is 2.37. The summed E-state index contributed by atoms with van der Waals surface area (Å²) in [6, 6.07) is 3.27. The second kappa shape index (κ2) is 6.55. The van der Waals surface area contributed by atoms with Gasteiger partial charge in [-0.3, -0.25) is 9.78 Å². The lowest BCUT2D eigenvalue weighted by Gasteiger charge is -2.19. The van der Waals surface area contributed by atoms with Gasteiger partial charge in [-0.05, 0) is 33.8 Å². The SMILES string of the molecule is Cc1c(C(=O)Nc2cncc(C(=O)OC(C)(C)C)c2)cnc2ccnn12. The van der Waals surface area contributed by atoms with Gasteiger partial charge in [-0.15, -0.1) is 0 Å². The van der Waals surface area contributed by atoms with E-state index in [0.29, 0.717) is 22.6 Å². The number of rotatable bonds is 3. The molecule has 0 radical (unpaired) electrons. The summed E-state index contributed by atoms with van der Waals surface area (Å²) >= 11 is 0. The highest BCUT2D eigenvalue weighted by atomic mass is 16.6. The third kappa shape index (κ3) is 3.69. The van der Waals surface area contributed by atoms with Crippen LogP contribution in [0.2, 0.25) is 0 Å². The lowest BCUT2D eigenvalue weighted by atomic mass is 10.2. The minimum atomic E-state index is -0.613. The van der Waals surface area contributed by atoms with Crippen LogP contribution in [0, 0.1) is 6.92 Å². The Morgan fingerprint density at radius 1 is 1.19 bits per heavy atom. The van der Waals surface area contributed by atoms with Crippen molar-refractivity contribution in [2.75, 3.05) is 5.32 Å². The molecule has 1 N–H and O–H groups in total. The quantitative estimate of drug-likeness (QED) is 0.727. The summed E-state index contributed by atoms with van der Waals surface area (Å²) in [6.07, 6.45) is 5.96. The predicted molar refractivity (Wildman–Crippen MR) is 95.1 cm³/mol. The van der Waals surface area contributed by atoms with Gasteiger partial charge in [0, 0.05) is 18.5 Å². The van der Waals surface area contributed by atoms with Crippen LogP contribution in [0.5, 0.6) is 0 Å². The van der Waals surface area contributed by atoms with Crippen molar-refractivity contribution in [2.24, 2.45) is 0 Å². The monoisotopic (exact) mass is 353 g/mol. The van der Waals surface area contributed by atoms with E-state index in [2.05, 4.69) is 20.4 Å². The second-order valence-corrected chi connectivity index (χ2v) is 6.78. The lowest BCUT2D eigenvalue weighted by Crippen LogP contribution is -2.24. The summed E-state index contributed by atoms with van der Waals surface area (Å²) in [5.41, 5.74) is 1.73. The van der Waals surface area contributed by atoms with Crippen molar-refractivity contribution in [2.45, 2.75) is 33.3 Å². The van der Waals surface area contributed by atoms with Gasteiger partial charge in [0.05, 0.1) is 34.9 Å². The number of fused-ring (bicyclic) bond motifs is 1. The molecule has 8 nitrogen and oxygen atoms in total. The number of aryl methyl sites for hydroxylation is 1. The molecule has 0 saturated carbocycles. The zero-order chi connectivity index (χ0) is 18.9. The van der Waals surface area contributed by atoms with Crippen molar-refractivity contribution in [3.63, 3.8) is 0 Å². The van der Waals surface area contributed by atoms with Crippen molar-refractivity contribution < 1.29 is 14.3 Å². The lowest BCUT2D eigenvalue weighted by molar-refractivity contribution is 0.00690. The largest absolute Gasteiger partial charge is 0.456 e. The molecule has 3 heterocycles. The number of carbonyl (C=O) groups excluding carboxylic acids is 2. The molecule has 0 aliphatic heterocycles. The Hall–Kier alpha value is -3.29. The van der Waals surface area contributed by atoms with Gasteiger partial charge in [0.2, 0.25) is 0 Å². The zero-order valence-corrected chi connectivity index (χ0v) is 15.0. The number of anilines is 1. The van der Waals surface area contributed by atoms with E-state index in [1.807, 2.05) is 0 Å². The normalized spacial score (nSPS) is 11.4. The molecule has 0 spiro atoms. The average Bonchev–Trinajstić information content (AvgIpc) is 3.03. The second-order valence-electron chi connectivity index (χ2n) is 6.78. The summed E-state index contributed by atoms with van der Waals surface area (Å²) in [5.74, 6) is -0.868. The van der Waals surface area contributed by atoms with Crippen LogP contribution in [0.4, 0.5) is 5.69 Å². The number of nitrogens with zero attached hydrogens (tertiary/aromatic N) is 4. The Kier molecular flexibility index (Phi) is 4.41. The molecule has 8 heteroatoms. The van der Waals surface area contributed by atoms with Crippen LogP contribution in [0.1, 0.15) is 47.2 Å². The highest BCUT2D eigenvalue weighted by Crippen LogP contribution is 2.16. The third-order valence-electron chi connectivity index (χ3n) is 3.53. The first kappa shape index (κ1) is 17.5. The number of nitrogens with one attached hydrogen (secondary N) is 1. The summed E-state index contributed by atoms with van der Waals surface area (Å²) in [7, 11) is 0. The predicted octanol–water partition coefficient (Wildman–Crippen LogP) is 2.64. The van der Waals surface area contributed by atoms with Gasteiger partial charge in [0.15, 0.2) is 5.65 Å². The number of hydrogen-bond donors (Lipinski definition) is 1. The van der Waals surface area contributed by atoms with Crippen molar-refractivity contribution in [1.82, 2.24) is 19.6 Å². The Bertz CT molecular complexity index is 988. The molecule has 3 aromatic heterocycles. The van der Waals surface area contributed by atoms with E-state index in [1.54, 1.807) is 44.5 Å². The number of hydrogen-bond acceptors (Lipinski definition) is 6. The van der Waals surface area contributed by atoms with Crippen LogP contribution in [0.3, 0.4) is 0 Å². The van der Waals surface area contributed by atoms with Crippen LogP contribution in [-0.4, -0.2) is 37.1 Å². The Balaban J connectivity index is 1.82. The fourth-order valence-electron chi connectivity index (χ4n) is 2.37. The smallest absolute Gasteiger partial charge is 0.340 e. The average molecular weight is 353 g/mol. The van der Waals surface area contributed by atoms with Crippen molar-refractivity contribution in [1.29, 1.82) is 0 Å². The highest BCUT2D eigenvalue weighted by Gasteiger charge is 2.19. The van der Waals surface area contributed by atoms with E-state index in [4.69, 9.17) is 4.74 Å². The summed E-state index contributed by atoms with van der Waals surface area (Å²) < 4.78 is 6.90. The molecular formula is C18H19N5O3. The summed E-state index contributed by atoms with van der Waals surface area (Å²) in [6.45, 7) is 7.13. The minimum Gasteiger partial charge on any atom is -0.456 e. The van der Waals surface area contributed by atoms with Gasteiger partial charge in [0.1, 0.15) is 5.60 Å². The van der Waals surface area contributed by atoms with Gasteiger partial charge < -0.3 is 10.1 Å². The van der Waals surface area contributed by atoms with E-state index < -0.39 is 11.6 Å². The van der Waals surface area contributed by atoms with Crippen LogP contribution >= 0.6 is 0 Å². The first-order valence-electron chi connectivity index (χ1n) is 8.04. The van der Waals surface area contributed by atoms with Gasteiger partial charge in [0.25, 0.3) is 5.91 Å². The number of pyridine rings is 1. The molecule has 1 amide bonds. The van der Waals surface area contributed by atoms with Crippen LogP contribution in [0.25, 0.3) is 5.65 Å². The van der Waals surface area contributed by atoms with Crippen molar-refractivity contribution >= 4 is 23.2 Å². The molecule has 0 aliphatic carbocycles. The number of amides is 1. The van der Waals surface area contributed by atoms with E-state index in [-0.39, 0.29) is 11.5 Å². The maximum atomic E-state index is 12.6. The molecule has 0 bridgehead atoms. The summed E-state index contributed by atoms with van der Waals surface area (Å²) in [5, 5.41) is 6.86. The molecule has 134 valence electrons. The van der Waals surface area contributed by atoms with Crippen LogP contribution < -0.4 is 5.32 Å². The standard InChI is InChI=1S/C18H19N5O3/c1-11-14(10-20-15-5-6-21-23(11)15)16(24)22-13-7-12(8-19-9-13)17(25)26-18(2,3)4/h5-10H,1-4H3,(H,22,24). The topological polar surface area (TPSA) is 98.5 Å². The molecule has 0 unspecified atom stereocenters. The van der Waals surface area contributed by atoms with E-state index >= 15 is 0 Å². The number of carbonyl (C=O) groups is 2. The molecule has 3 aromatic rings. The first-order valence-corrected chi connectivity index (χ1v) is 8.04. The van der Waals surface area contributed by atoms with E-state index in [0.717, 1.165) is 0 Å². The third-order valence-corrected chi connectivity index (χ3v) is 3.53. The Labute approximate surface area is 150 Å². The first-order chi connectivity index (χ1) is 12.2. The number of aromatic nitrogens is 4. The molecular weight excluding hydrogens is 334 g/mol. The van der Waals surface area contributed by atoms with E-state index in [9.17, 15) is 9.59 Å². The fraction of sp³-hybridized carbons (Fsp3) is 0.278. The van der Waals surface area contributed by atoms with Crippen molar-refractivity contribution in [3.05, 3.63) is 53.7 Å². The van der Waals surface area contributed by atoms with Crippen molar-refractivity contribution in [3.8, 4) is 0 Å². The Morgan fingerprint density at radius 2 is 1.96 bits per heavy atom. The minimum absolute atomic E-state index is 0.259. The van der Waals surface area contributed by atoms with Gasteiger partial charge in [-0.25, -0.2) is 14.3 Å². The maximum absolute atomic E-state index is 12.6. The van der Waals surface area contributed by atoms with Crippen LogP contribution in [-0.2, 0) is 4.74 Å². The Morgan fingerprint density at radius 3 is 2.69 bits per heavy atom. The molecule has 0 atom stereocenters. The summed E-state index contributed by atoms with van der Waals surface area (Å²) in [4.78, 5) is 32.9. The van der Waals surface area contributed by atoms with Crippen LogP contribution in [0.15, 0.2) is 36.9 Å². The highest BCUT2D eigenvalue weighted by molar-refractivity contribution is 6.05. The zero-order valence-electron chi connectivity index (χ0n) is 15.0. The molecule has 0 aliphatic rings. The van der Waals surface area contributed by atoms with Gasteiger partial charge in [-0.2, -0.15) is 5.10 Å².